The Morgan fingerprint density at radius 1 is 0.944 bits per heavy atom. The first-order chi connectivity index (χ1) is 8.49. The Morgan fingerprint density at radius 3 is 2.33 bits per heavy atom. The summed E-state index contributed by atoms with van der Waals surface area (Å²) in [6, 6.07) is 11.2. The van der Waals surface area contributed by atoms with Gasteiger partial charge in [0.2, 0.25) is 0 Å². The van der Waals surface area contributed by atoms with Crippen LogP contribution in [0.1, 0.15) is 28.4 Å². The van der Waals surface area contributed by atoms with Crippen LogP contribution < -0.4 is 0 Å². The first-order valence-corrected chi connectivity index (χ1v) is 6.45. The maximum Gasteiger partial charge on any atom is 0.104 e. The summed E-state index contributed by atoms with van der Waals surface area (Å²) in [5.74, 6) is 0. The van der Waals surface area contributed by atoms with Gasteiger partial charge in [-0.3, -0.25) is 0 Å². The second-order valence-electron chi connectivity index (χ2n) is 4.44. The van der Waals surface area contributed by atoms with Crippen LogP contribution in [0.4, 0.5) is 0 Å². The summed E-state index contributed by atoms with van der Waals surface area (Å²) in [6.45, 7) is 3.99. The quantitative estimate of drug-likeness (QED) is 0.846. The highest BCUT2D eigenvalue weighted by atomic mass is 35.5. The van der Waals surface area contributed by atoms with E-state index in [4.69, 9.17) is 23.2 Å². The van der Waals surface area contributed by atoms with Crippen LogP contribution in [-0.4, -0.2) is 5.11 Å². The summed E-state index contributed by atoms with van der Waals surface area (Å²) in [5, 5.41) is 11.4. The molecule has 0 heterocycles. The average Bonchev–Trinajstić information content (AvgIpc) is 2.35. The molecule has 1 nitrogen and oxygen atoms in total. The second kappa shape index (κ2) is 5.31. The molecule has 0 aromatic heterocycles. The van der Waals surface area contributed by atoms with Crippen molar-refractivity contribution in [3.05, 3.63) is 68.7 Å². The number of aliphatic hydroxyl groups excluding tert-OH is 1. The van der Waals surface area contributed by atoms with Gasteiger partial charge >= 0.3 is 0 Å². The molecule has 18 heavy (non-hydrogen) atoms. The zero-order valence-corrected chi connectivity index (χ0v) is 11.8. The number of benzene rings is 2. The van der Waals surface area contributed by atoms with Gasteiger partial charge in [0, 0.05) is 0 Å². The summed E-state index contributed by atoms with van der Waals surface area (Å²) >= 11 is 11.8. The van der Waals surface area contributed by atoms with Crippen molar-refractivity contribution in [1.82, 2.24) is 0 Å². The summed E-state index contributed by atoms with van der Waals surface area (Å²) < 4.78 is 0. The molecule has 94 valence electrons. The Bertz CT molecular complexity index is 579. The number of rotatable bonds is 2. The van der Waals surface area contributed by atoms with Gasteiger partial charge in [0.15, 0.2) is 0 Å². The molecule has 0 aliphatic rings. The molecule has 1 unspecified atom stereocenters. The second-order valence-corrected chi connectivity index (χ2v) is 5.25. The van der Waals surface area contributed by atoms with Crippen molar-refractivity contribution >= 4 is 23.2 Å². The van der Waals surface area contributed by atoms with E-state index in [2.05, 4.69) is 0 Å². The molecule has 3 heteroatoms. The van der Waals surface area contributed by atoms with Gasteiger partial charge in [-0.1, -0.05) is 53.0 Å². The molecule has 0 fully saturated rings. The van der Waals surface area contributed by atoms with Crippen molar-refractivity contribution in [3.8, 4) is 0 Å². The first kappa shape index (κ1) is 13.4. The largest absolute Gasteiger partial charge is 0.384 e. The van der Waals surface area contributed by atoms with Gasteiger partial charge in [-0.15, -0.1) is 0 Å². The number of aliphatic hydroxyl groups is 1. The van der Waals surface area contributed by atoms with E-state index in [1.165, 1.54) is 0 Å². The molecule has 0 saturated heterocycles. The summed E-state index contributed by atoms with van der Waals surface area (Å²) in [5.41, 5.74) is 3.82. The molecule has 0 bridgehead atoms. The van der Waals surface area contributed by atoms with Crippen LogP contribution in [-0.2, 0) is 0 Å². The molecular weight excluding hydrogens is 267 g/mol. The van der Waals surface area contributed by atoms with Crippen LogP contribution in [0.5, 0.6) is 0 Å². The Balaban J connectivity index is 2.44. The third kappa shape index (κ3) is 2.69. The van der Waals surface area contributed by atoms with Crippen molar-refractivity contribution in [2.75, 3.05) is 0 Å². The van der Waals surface area contributed by atoms with Crippen LogP contribution >= 0.6 is 23.2 Å². The molecule has 2 aromatic carbocycles. The fraction of sp³-hybridized carbons (Fsp3) is 0.200. The van der Waals surface area contributed by atoms with Crippen molar-refractivity contribution in [3.63, 3.8) is 0 Å². The van der Waals surface area contributed by atoms with Crippen molar-refractivity contribution in [1.29, 1.82) is 0 Å². The predicted octanol–water partition coefficient (Wildman–Crippen LogP) is 4.69. The van der Waals surface area contributed by atoms with Crippen LogP contribution in [0.15, 0.2) is 36.4 Å². The van der Waals surface area contributed by atoms with E-state index < -0.39 is 6.10 Å². The monoisotopic (exact) mass is 280 g/mol. The standard InChI is InChI=1S/C15H14Cl2O/c1-9-3-4-10(2)12(7-9)15(18)11-5-6-13(16)14(17)8-11/h3-8,15,18H,1-2H3. The Kier molecular flexibility index (Phi) is 3.96. The van der Waals surface area contributed by atoms with Crippen molar-refractivity contribution in [2.45, 2.75) is 20.0 Å². The molecule has 0 aliphatic heterocycles. The molecule has 0 amide bonds. The lowest BCUT2D eigenvalue weighted by Gasteiger charge is -2.15. The van der Waals surface area contributed by atoms with Crippen LogP contribution in [0.25, 0.3) is 0 Å². The van der Waals surface area contributed by atoms with Crippen LogP contribution in [0.2, 0.25) is 10.0 Å². The molecule has 2 aromatic rings. The molecule has 2 rings (SSSR count). The predicted molar refractivity (Wildman–Crippen MR) is 76.4 cm³/mol. The van der Waals surface area contributed by atoms with E-state index in [9.17, 15) is 5.11 Å². The summed E-state index contributed by atoms with van der Waals surface area (Å²) in [4.78, 5) is 0. The van der Waals surface area contributed by atoms with Crippen LogP contribution in [0.3, 0.4) is 0 Å². The van der Waals surface area contributed by atoms with Crippen LogP contribution in [0, 0.1) is 13.8 Å². The highest BCUT2D eigenvalue weighted by Crippen LogP contribution is 2.30. The third-order valence-corrected chi connectivity index (χ3v) is 3.73. The number of aryl methyl sites for hydroxylation is 2. The van der Waals surface area contributed by atoms with Gasteiger partial charge in [0.25, 0.3) is 0 Å². The molecule has 0 aliphatic carbocycles. The minimum absolute atomic E-state index is 0.457. The van der Waals surface area contributed by atoms with Crippen molar-refractivity contribution < 1.29 is 5.11 Å². The van der Waals surface area contributed by atoms with Gasteiger partial charge in [0.05, 0.1) is 10.0 Å². The lowest BCUT2D eigenvalue weighted by molar-refractivity contribution is 0.219. The Hall–Kier alpha value is -1.02. The van der Waals surface area contributed by atoms with Gasteiger partial charge in [0.1, 0.15) is 6.10 Å². The normalized spacial score (nSPS) is 12.5. The Morgan fingerprint density at radius 2 is 1.67 bits per heavy atom. The molecule has 1 N–H and O–H groups in total. The van der Waals surface area contributed by atoms with Gasteiger partial charge in [-0.05, 0) is 42.7 Å². The lowest BCUT2D eigenvalue weighted by atomic mass is 9.96. The number of halogens is 2. The minimum atomic E-state index is -0.681. The lowest BCUT2D eigenvalue weighted by Crippen LogP contribution is -2.02. The molecular formula is C15H14Cl2O. The fourth-order valence-electron chi connectivity index (χ4n) is 1.92. The molecule has 1 atom stereocenters. The summed E-state index contributed by atoms with van der Waals surface area (Å²) in [6.07, 6.45) is -0.681. The van der Waals surface area contributed by atoms with E-state index in [1.54, 1.807) is 18.2 Å². The summed E-state index contributed by atoms with van der Waals surface area (Å²) in [7, 11) is 0. The SMILES string of the molecule is Cc1ccc(C)c(C(O)c2ccc(Cl)c(Cl)c2)c1. The number of hydrogen-bond acceptors (Lipinski definition) is 1. The molecule has 0 radical (unpaired) electrons. The van der Waals surface area contributed by atoms with E-state index in [-0.39, 0.29) is 0 Å². The zero-order valence-electron chi connectivity index (χ0n) is 10.2. The van der Waals surface area contributed by atoms with Gasteiger partial charge in [-0.2, -0.15) is 0 Å². The molecule has 0 spiro atoms. The maximum absolute atomic E-state index is 10.4. The van der Waals surface area contributed by atoms with E-state index in [0.717, 1.165) is 22.3 Å². The topological polar surface area (TPSA) is 20.2 Å². The minimum Gasteiger partial charge on any atom is -0.384 e. The maximum atomic E-state index is 10.4. The third-order valence-electron chi connectivity index (χ3n) is 2.99. The smallest absolute Gasteiger partial charge is 0.104 e. The van der Waals surface area contributed by atoms with E-state index in [0.29, 0.717) is 10.0 Å². The van der Waals surface area contributed by atoms with Gasteiger partial charge < -0.3 is 5.11 Å². The highest BCUT2D eigenvalue weighted by Gasteiger charge is 2.14. The molecule has 0 saturated carbocycles. The zero-order chi connectivity index (χ0) is 13.3. The fourth-order valence-corrected chi connectivity index (χ4v) is 2.22. The average molecular weight is 281 g/mol. The first-order valence-electron chi connectivity index (χ1n) is 5.69. The van der Waals surface area contributed by atoms with Gasteiger partial charge in [-0.25, -0.2) is 0 Å². The highest BCUT2D eigenvalue weighted by molar-refractivity contribution is 6.42. The van der Waals surface area contributed by atoms with Crippen molar-refractivity contribution in [2.24, 2.45) is 0 Å². The number of hydrogen-bond donors (Lipinski definition) is 1. The van der Waals surface area contributed by atoms with E-state index >= 15 is 0 Å². The Labute approximate surface area is 117 Å². The van der Waals surface area contributed by atoms with E-state index in [1.807, 2.05) is 32.0 Å².